The maximum absolute atomic E-state index is 6.41. The fraction of sp³-hybridized carbons (Fsp3) is 1.00. The van der Waals surface area contributed by atoms with Crippen LogP contribution in [-0.4, -0.2) is 29.6 Å². The fourth-order valence-corrected chi connectivity index (χ4v) is 2.63. The van der Waals surface area contributed by atoms with Crippen LogP contribution < -0.4 is 5.73 Å². The summed E-state index contributed by atoms with van der Waals surface area (Å²) in [5.41, 5.74) is 6.61. The van der Waals surface area contributed by atoms with Crippen LogP contribution in [0.2, 0.25) is 0 Å². The van der Waals surface area contributed by atoms with Gasteiger partial charge in [0, 0.05) is 11.6 Å². The van der Waals surface area contributed by atoms with Gasteiger partial charge in [0.05, 0.1) is 0 Å². The molecular formula is C13H28N2. The summed E-state index contributed by atoms with van der Waals surface area (Å²) in [6, 6.07) is 0.342. The Bertz CT molecular complexity index is 185. The molecule has 0 aliphatic heterocycles. The summed E-state index contributed by atoms with van der Waals surface area (Å²) in [6.07, 6.45) is 5.20. The SMILES string of the molecule is CCN(CC)C(C)(CC)C(N)CC1CC1. The molecule has 2 atom stereocenters. The molecule has 2 heteroatoms. The third-order valence-corrected chi connectivity index (χ3v) is 4.28. The molecule has 1 fully saturated rings. The van der Waals surface area contributed by atoms with Gasteiger partial charge in [-0.25, -0.2) is 0 Å². The van der Waals surface area contributed by atoms with Crippen molar-refractivity contribution in [2.24, 2.45) is 11.7 Å². The minimum absolute atomic E-state index is 0.200. The topological polar surface area (TPSA) is 29.3 Å². The highest BCUT2D eigenvalue weighted by Gasteiger charge is 2.37. The molecule has 1 saturated carbocycles. The van der Waals surface area contributed by atoms with Crippen molar-refractivity contribution in [2.75, 3.05) is 13.1 Å². The van der Waals surface area contributed by atoms with E-state index in [-0.39, 0.29) is 5.54 Å². The van der Waals surface area contributed by atoms with Crippen molar-refractivity contribution in [1.82, 2.24) is 4.90 Å². The van der Waals surface area contributed by atoms with Gasteiger partial charge in [-0.1, -0.05) is 33.6 Å². The largest absolute Gasteiger partial charge is 0.326 e. The summed E-state index contributed by atoms with van der Waals surface area (Å²) >= 11 is 0. The van der Waals surface area contributed by atoms with Crippen molar-refractivity contribution < 1.29 is 0 Å². The van der Waals surface area contributed by atoms with E-state index in [2.05, 4.69) is 32.6 Å². The van der Waals surface area contributed by atoms with E-state index in [1.807, 2.05) is 0 Å². The second-order valence-electron chi connectivity index (χ2n) is 5.17. The highest BCUT2D eigenvalue weighted by Crippen LogP contribution is 2.37. The molecular weight excluding hydrogens is 184 g/mol. The molecule has 2 N–H and O–H groups in total. The van der Waals surface area contributed by atoms with Gasteiger partial charge in [0.2, 0.25) is 0 Å². The van der Waals surface area contributed by atoms with Gasteiger partial charge < -0.3 is 5.73 Å². The van der Waals surface area contributed by atoms with Crippen molar-refractivity contribution in [1.29, 1.82) is 0 Å². The molecule has 0 aromatic heterocycles. The molecule has 15 heavy (non-hydrogen) atoms. The summed E-state index contributed by atoms with van der Waals surface area (Å²) in [5, 5.41) is 0. The Morgan fingerprint density at radius 2 is 1.80 bits per heavy atom. The average molecular weight is 212 g/mol. The first-order chi connectivity index (χ1) is 7.08. The van der Waals surface area contributed by atoms with Gasteiger partial charge in [-0.2, -0.15) is 0 Å². The molecule has 0 spiro atoms. The summed E-state index contributed by atoms with van der Waals surface area (Å²) in [4.78, 5) is 2.53. The van der Waals surface area contributed by atoms with E-state index in [1.165, 1.54) is 19.3 Å². The normalized spacial score (nSPS) is 22.8. The van der Waals surface area contributed by atoms with Crippen LogP contribution in [0.5, 0.6) is 0 Å². The predicted molar refractivity (Wildman–Crippen MR) is 66.9 cm³/mol. The van der Waals surface area contributed by atoms with Crippen molar-refractivity contribution >= 4 is 0 Å². The maximum Gasteiger partial charge on any atom is 0.0329 e. The third kappa shape index (κ3) is 2.94. The van der Waals surface area contributed by atoms with Gasteiger partial charge >= 0.3 is 0 Å². The quantitative estimate of drug-likeness (QED) is 0.703. The number of rotatable bonds is 7. The van der Waals surface area contributed by atoms with Gasteiger partial charge in [-0.3, -0.25) is 4.90 Å². The first kappa shape index (κ1) is 13.0. The minimum Gasteiger partial charge on any atom is -0.326 e. The van der Waals surface area contributed by atoms with Crippen LogP contribution in [0, 0.1) is 5.92 Å². The molecule has 0 saturated heterocycles. The summed E-state index contributed by atoms with van der Waals surface area (Å²) in [6.45, 7) is 11.3. The lowest BCUT2D eigenvalue weighted by atomic mass is 9.84. The van der Waals surface area contributed by atoms with E-state index in [9.17, 15) is 0 Å². The van der Waals surface area contributed by atoms with Crippen LogP contribution in [-0.2, 0) is 0 Å². The second kappa shape index (κ2) is 5.31. The van der Waals surface area contributed by atoms with E-state index in [0.717, 1.165) is 25.4 Å². The second-order valence-corrected chi connectivity index (χ2v) is 5.17. The lowest BCUT2D eigenvalue weighted by Gasteiger charge is -2.44. The smallest absolute Gasteiger partial charge is 0.0329 e. The first-order valence-corrected chi connectivity index (χ1v) is 6.59. The van der Waals surface area contributed by atoms with E-state index < -0.39 is 0 Å². The maximum atomic E-state index is 6.41. The molecule has 0 aromatic carbocycles. The first-order valence-electron chi connectivity index (χ1n) is 6.59. The Labute approximate surface area is 95.2 Å². The Morgan fingerprint density at radius 3 is 2.13 bits per heavy atom. The van der Waals surface area contributed by atoms with Crippen molar-refractivity contribution in [3.8, 4) is 0 Å². The average Bonchev–Trinajstić information content (AvgIpc) is 3.02. The van der Waals surface area contributed by atoms with Gasteiger partial charge in [0.15, 0.2) is 0 Å². The lowest BCUT2D eigenvalue weighted by Crippen LogP contribution is -2.57. The Hall–Kier alpha value is -0.0800. The lowest BCUT2D eigenvalue weighted by molar-refractivity contribution is 0.0794. The summed E-state index contributed by atoms with van der Waals surface area (Å²) < 4.78 is 0. The molecule has 0 radical (unpaired) electrons. The minimum atomic E-state index is 0.200. The van der Waals surface area contributed by atoms with E-state index in [4.69, 9.17) is 5.73 Å². The molecule has 1 aliphatic carbocycles. The molecule has 0 heterocycles. The zero-order valence-electron chi connectivity index (χ0n) is 10.9. The Morgan fingerprint density at radius 1 is 1.27 bits per heavy atom. The fourth-order valence-electron chi connectivity index (χ4n) is 2.63. The highest BCUT2D eigenvalue weighted by molar-refractivity contribution is 4.96. The molecule has 90 valence electrons. The number of hydrogen-bond acceptors (Lipinski definition) is 2. The third-order valence-electron chi connectivity index (χ3n) is 4.28. The standard InChI is InChI=1S/C13H28N2/c1-5-13(4,15(6-2)7-3)12(14)10-11-8-9-11/h11-12H,5-10,14H2,1-4H3. The number of likely N-dealkylation sites (N-methyl/N-ethyl adjacent to an activating group) is 1. The van der Waals surface area contributed by atoms with Crippen LogP contribution in [0.4, 0.5) is 0 Å². The van der Waals surface area contributed by atoms with Gasteiger partial charge in [-0.05, 0) is 38.8 Å². The number of hydrogen-bond donors (Lipinski definition) is 1. The van der Waals surface area contributed by atoms with Crippen LogP contribution in [0.15, 0.2) is 0 Å². The Kier molecular flexibility index (Phi) is 4.60. The molecule has 2 unspecified atom stereocenters. The van der Waals surface area contributed by atoms with Crippen LogP contribution in [0.25, 0.3) is 0 Å². The van der Waals surface area contributed by atoms with Crippen LogP contribution in [0.3, 0.4) is 0 Å². The molecule has 2 nitrogen and oxygen atoms in total. The van der Waals surface area contributed by atoms with Crippen molar-refractivity contribution in [3.05, 3.63) is 0 Å². The number of nitrogens with zero attached hydrogens (tertiary/aromatic N) is 1. The monoisotopic (exact) mass is 212 g/mol. The van der Waals surface area contributed by atoms with Crippen molar-refractivity contribution in [3.63, 3.8) is 0 Å². The van der Waals surface area contributed by atoms with Gasteiger partial charge in [0.1, 0.15) is 0 Å². The summed E-state index contributed by atoms with van der Waals surface area (Å²) in [5.74, 6) is 0.932. The molecule has 0 amide bonds. The highest BCUT2D eigenvalue weighted by atomic mass is 15.2. The van der Waals surface area contributed by atoms with Gasteiger partial charge in [0.25, 0.3) is 0 Å². The zero-order valence-corrected chi connectivity index (χ0v) is 10.9. The van der Waals surface area contributed by atoms with Crippen LogP contribution in [0.1, 0.15) is 53.4 Å². The molecule has 1 rings (SSSR count). The molecule has 0 aromatic rings. The number of nitrogens with two attached hydrogens (primary N) is 1. The van der Waals surface area contributed by atoms with Gasteiger partial charge in [-0.15, -0.1) is 0 Å². The molecule has 1 aliphatic rings. The van der Waals surface area contributed by atoms with E-state index >= 15 is 0 Å². The summed E-state index contributed by atoms with van der Waals surface area (Å²) in [7, 11) is 0. The zero-order chi connectivity index (χ0) is 11.5. The van der Waals surface area contributed by atoms with E-state index in [1.54, 1.807) is 0 Å². The van der Waals surface area contributed by atoms with Crippen LogP contribution >= 0.6 is 0 Å². The van der Waals surface area contributed by atoms with E-state index in [0.29, 0.717) is 6.04 Å². The predicted octanol–water partition coefficient (Wildman–Crippen LogP) is 2.62. The Balaban J connectivity index is 2.61. The van der Waals surface area contributed by atoms with Crippen molar-refractivity contribution in [2.45, 2.75) is 65.0 Å². The molecule has 0 bridgehead atoms.